The lowest BCUT2D eigenvalue weighted by Gasteiger charge is -2.27. The van der Waals surface area contributed by atoms with Crippen molar-refractivity contribution in [1.29, 1.82) is 0 Å². The van der Waals surface area contributed by atoms with E-state index in [0.29, 0.717) is 18.5 Å². The number of phenolic OH excluding ortho intramolecular Hbond substituents is 1. The summed E-state index contributed by atoms with van der Waals surface area (Å²) in [4.78, 5) is 17.5. The second kappa shape index (κ2) is 9.27. The van der Waals surface area contributed by atoms with Crippen molar-refractivity contribution in [3.8, 4) is 5.75 Å². The Morgan fingerprint density at radius 3 is 2.96 bits per heavy atom. The summed E-state index contributed by atoms with van der Waals surface area (Å²) in [5.41, 5.74) is 1.42. The molecule has 0 bridgehead atoms. The van der Waals surface area contributed by atoms with E-state index in [4.69, 9.17) is 4.74 Å². The Labute approximate surface area is 137 Å². The molecule has 23 heavy (non-hydrogen) atoms. The molecule has 0 saturated carbocycles. The largest absolute Gasteiger partial charge is 0.506 e. The zero-order chi connectivity index (χ0) is 16.5. The number of benzene rings is 1. The molecule has 6 heteroatoms. The van der Waals surface area contributed by atoms with Gasteiger partial charge in [-0.05, 0) is 31.0 Å². The molecule has 1 aliphatic rings. The fourth-order valence-electron chi connectivity index (χ4n) is 2.50. The van der Waals surface area contributed by atoms with Gasteiger partial charge >= 0.3 is 0 Å². The minimum Gasteiger partial charge on any atom is -0.506 e. The summed E-state index contributed by atoms with van der Waals surface area (Å²) in [5.74, 6) is 0.0664. The molecular formula is C17H25N3O3. The molecule has 1 heterocycles. The molecule has 1 aliphatic heterocycles. The van der Waals surface area contributed by atoms with Crippen LogP contribution in [0.1, 0.15) is 18.9 Å². The third kappa shape index (κ3) is 6.00. The van der Waals surface area contributed by atoms with Crippen LogP contribution in [0.5, 0.6) is 5.75 Å². The number of anilines is 1. The number of phenols is 1. The summed E-state index contributed by atoms with van der Waals surface area (Å²) in [6.07, 6.45) is 4.17. The maximum Gasteiger partial charge on any atom is 0.211 e. The van der Waals surface area contributed by atoms with Crippen molar-refractivity contribution in [2.45, 2.75) is 25.8 Å². The Morgan fingerprint density at radius 2 is 2.22 bits per heavy atom. The van der Waals surface area contributed by atoms with Gasteiger partial charge in [-0.25, -0.2) is 0 Å². The van der Waals surface area contributed by atoms with Crippen molar-refractivity contribution in [2.24, 2.45) is 4.99 Å². The molecular weight excluding hydrogens is 294 g/mol. The first-order valence-electron chi connectivity index (χ1n) is 8.03. The third-order valence-electron chi connectivity index (χ3n) is 3.93. The second-order valence-corrected chi connectivity index (χ2v) is 5.74. The van der Waals surface area contributed by atoms with Crippen LogP contribution in [0.25, 0.3) is 0 Å². The van der Waals surface area contributed by atoms with Crippen molar-refractivity contribution < 1.29 is 14.6 Å². The molecule has 0 aliphatic carbocycles. The lowest BCUT2D eigenvalue weighted by molar-refractivity contribution is -0.105. The summed E-state index contributed by atoms with van der Waals surface area (Å²) >= 11 is 0. The second-order valence-electron chi connectivity index (χ2n) is 5.74. The van der Waals surface area contributed by atoms with Crippen molar-refractivity contribution >= 4 is 18.3 Å². The Kier molecular flexibility index (Phi) is 7.03. The van der Waals surface area contributed by atoms with Crippen molar-refractivity contribution in [3.63, 3.8) is 0 Å². The predicted molar refractivity (Wildman–Crippen MR) is 91.3 cm³/mol. The highest BCUT2D eigenvalue weighted by atomic mass is 16.5. The van der Waals surface area contributed by atoms with Gasteiger partial charge in [0.05, 0.1) is 18.9 Å². The highest BCUT2D eigenvalue weighted by Gasteiger charge is 2.10. The number of hydrogen-bond donors (Lipinski definition) is 2. The number of carbonyl (C=O) groups is 1. The normalized spacial score (nSPS) is 17.3. The highest BCUT2D eigenvalue weighted by molar-refractivity contribution is 5.76. The van der Waals surface area contributed by atoms with Gasteiger partial charge in [-0.1, -0.05) is 6.07 Å². The Balaban J connectivity index is 1.76. The molecule has 6 nitrogen and oxygen atoms in total. The van der Waals surface area contributed by atoms with Gasteiger partial charge in [0, 0.05) is 38.3 Å². The summed E-state index contributed by atoms with van der Waals surface area (Å²) in [6, 6.07) is 5.45. The van der Waals surface area contributed by atoms with E-state index in [-0.39, 0.29) is 11.8 Å². The van der Waals surface area contributed by atoms with Crippen LogP contribution < -0.4 is 5.32 Å². The standard InChI is InChI=1S/C17H25N3O3/c1-14(5-7-20-8-10-23-11-9-20)18-6-4-15-2-3-17(22)16(12-15)19-13-21/h2-3,6,12-14,22H,4-5,7-11H2,1H3,(H,19,21). The van der Waals surface area contributed by atoms with E-state index >= 15 is 0 Å². The van der Waals surface area contributed by atoms with Crippen molar-refractivity contribution in [1.82, 2.24) is 4.90 Å². The van der Waals surface area contributed by atoms with E-state index in [1.54, 1.807) is 12.1 Å². The number of amides is 1. The first-order valence-corrected chi connectivity index (χ1v) is 8.03. The number of nitrogens with one attached hydrogen (secondary N) is 1. The first kappa shape index (κ1) is 17.4. The van der Waals surface area contributed by atoms with Gasteiger partial charge in [-0.15, -0.1) is 0 Å². The van der Waals surface area contributed by atoms with Gasteiger partial charge < -0.3 is 15.2 Å². The van der Waals surface area contributed by atoms with Crippen LogP contribution >= 0.6 is 0 Å². The molecule has 0 radical (unpaired) electrons. The number of nitrogens with zero attached hydrogens (tertiary/aromatic N) is 2. The molecule has 1 aromatic carbocycles. The van der Waals surface area contributed by atoms with E-state index < -0.39 is 0 Å². The van der Waals surface area contributed by atoms with E-state index in [2.05, 4.69) is 22.1 Å². The fraction of sp³-hybridized carbons (Fsp3) is 0.529. The number of aliphatic imine (C=N–C) groups is 1. The summed E-state index contributed by atoms with van der Waals surface area (Å²) in [7, 11) is 0. The number of carbonyl (C=O) groups excluding carboxylic acids is 1. The summed E-state index contributed by atoms with van der Waals surface area (Å²) in [6.45, 7) is 6.85. The zero-order valence-electron chi connectivity index (χ0n) is 13.6. The third-order valence-corrected chi connectivity index (χ3v) is 3.93. The van der Waals surface area contributed by atoms with Crippen LogP contribution in [-0.4, -0.2) is 61.5 Å². The topological polar surface area (TPSA) is 74.2 Å². The minimum absolute atomic E-state index is 0.0664. The van der Waals surface area contributed by atoms with Gasteiger partial charge in [-0.3, -0.25) is 14.7 Å². The first-order chi connectivity index (χ1) is 11.2. The maximum absolute atomic E-state index is 10.5. The van der Waals surface area contributed by atoms with Crippen LogP contribution in [0.4, 0.5) is 5.69 Å². The zero-order valence-corrected chi connectivity index (χ0v) is 13.6. The van der Waals surface area contributed by atoms with Crippen LogP contribution in [-0.2, 0) is 16.0 Å². The molecule has 2 rings (SSSR count). The smallest absolute Gasteiger partial charge is 0.211 e. The lowest BCUT2D eigenvalue weighted by Crippen LogP contribution is -2.37. The average Bonchev–Trinajstić information content (AvgIpc) is 2.57. The molecule has 0 spiro atoms. The Bertz CT molecular complexity index is 528. The molecule has 1 aromatic rings. The number of rotatable bonds is 8. The Hall–Kier alpha value is -1.92. The quantitative estimate of drug-likeness (QED) is 0.434. The van der Waals surface area contributed by atoms with Crippen LogP contribution in [0.15, 0.2) is 23.2 Å². The van der Waals surface area contributed by atoms with Crippen LogP contribution in [0, 0.1) is 0 Å². The van der Waals surface area contributed by atoms with Crippen LogP contribution in [0.3, 0.4) is 0 Å². The summed E-state index contributed by atoms with van der Waals surface area (Å²) in [5, 5.41) is 12.1. The van der Waals surface area contributed by atoms with Gasteiger partial charge in [0.1, 0.15) is 5.75 Å². The van der Waals surface area contributed by atoms with Crippen molar-refractivity contribution in [2.75, 3.05) is 38.2 Å². The van der Waals surface area contributed by atoms with Gasteiger partial charge in [0.15, 0.2) is 0 Å². The van der Waals surface area contributed by atoms with E-state index in [1.807, 2.05) is 12.3 Å². The SMILES string of the molecule is CC(CCN1CCOCC1)N=CCc1ccc(O)c(NC=O)c1. The summed E-state index contributed by atoms with van der Waals surface area (Å²) < 4.78 is 5.34. The fourth-order valence-corrected chi connectivity index (χ4v) is 2.50. The average molecular weight is 319 g/mol. The molecule has 1 amide bonds. The van der Waals surface area contributed by atoms with E-state index in [9.17, 15) is 9.90 Å². The van der Waals surface area contributed by atoms with Gasteiger partial charge in [0.25, 0.3) is 0 Å². The number of hydrogen-bond acceptors (Lipinski definition) is 5. The molecule has 1 atom stereocenters. The minimum atomic E-state index is 0.0664. The maximum atomic E-state index is 10.5. The molecule has 1 fully saturated rings. The number of morpholine rings is 1. The van der Waals surface area contributed by atoms with Crippen LogP contribution in [0.2, 0.25) is 0 Å². The highest BCUT2D eigenvalue weighted by Crippen LogP contribution is 2.23. The molecule has 2 N–H and O–H groups in total. The van der Waals surface area contributed by atoms with Gasteiger partial charge in [0.2, 0.25) is 6.41 Å². The predicted octanol–water partition coefficient (Wildman–Crippen LogP) is 1.68. The molecule has 0 aromatic heterocycles. The number of aromatic hydroxyl groups is 1. The molecule has 1 unspecified atom stereocenters. The molecule has 126 valence electrons. The monoisotopic (exact) mass is 319 g/mol. The van der Waals surface area contributed by atoms with E-state index in [0.717, 1.165) is 44.8 Å². The molecule has 1 saturated heterocycles. The van der Waals surface area contributed by atoms with Gasteiger partial charge in [-0.2, -0.15) is 0 Å². The van der Waals surface area contributed by atoms with Crippen molar-refractivity contribution in [3.05, 3.63) is 23.8 Å². The lowest BCUT2D eigenvalue weighted by atomic mass is 10.1. The Morgan fingerprint density at radius 1 is 1.43 bits per heavy atom. The van der Waals surface area contributed by atoms with E-state index in [1.165, 1.54) is 0 Å². The number of ether oxygens (including phenoxy) is 1.